The molecule has 0 aromatic carbocycles. The number of rotatable bonds is 3. The van der Waals surface area contributed by atoms with Crippen LogP contribution in [0.3, 0.4) is 0 Å². The van der Waals surface area contributed by atoms with Gasteiger partial charge < -0.3 is 4.57 Å². The van der Waals surface area contributed by atoms with Crippen molar-refractivity contribution < 1.29 is 0 Å². The van der Waals surface area contributed by atoms with E-state index in [1.807, 2.05) is 19.1 Å². The van der Waals surface area contributed by atoms with Gasteiger partial charge in [0.05, 0.1) is 16.3 Å². The summed E-state index contributed by atoms with van der Waals surface area (Å²) in [4.78, 5) is 4.11. The molecule has 18 heavy (non-hydrogen) atoms. The van der Waals surface area contributed by atoms with Gasteiger partial charge in [-0.3, -0.25) is 4.98 Å². The number of aromatic nitrogens is 2. The van der Waals surface area contributed by atoms with Crippen molar-refractivity contribution in [2.24, 2.45) is 0 Å². The van der Waals surface area contributed by atoms with Gasteiger partial charge in [0.25, 0.3) is 0 Å². The van der Waals surface area contributed by atoms with Crippen LogP contribution in [-0.4, -0.2) is 9.55 Å². The fourth-order valence-electron chi connectivity index (χ4n) is 2.12. The molecule has 0 aliphatic carbocycles. The Balaban J connectivity index is 2.70. The van der Waals surface area contributed by atoms with Crippen molar-refractivity contribution in [3.05, 3.63) is 40.8 Å². The molecule has 2 heterocycles. The first kappa shape index (κ1) is 12.7. The van der Waals surface area contributed by atoms with Gasteiger partial charge in [0.2, 0.25) is 0 Å². The largest absolute Gasteiger partial charge is 0.342 e. The molecule has 0 aliphatic heterocycles. The molecule has 0 atom stereocenters. The lowest BCUT2D eigenvalue weighted by Crippen LogP contribution is -2.01. The predicted octanol–water partition coefficient (Wildman–Crippen LogP) is 3.79. The van der Waals surface area contributed by atoms with Crippen LogP contribution in [0.4, 0.5) is 0 Å². The molecule has 2 aromatic heterocycles. The minimum atomic E-state index is 0.524. The summed E-state index contributed by atoms with van der Waals surface area (Å²) in [5, 5.41) is 9.71. The maximum atomic E-state index is 9.19. The topological polar surface area (TPSA) is 41.6 Å². The second-order valence-electron chi connectivity index (χ2n) is 4.13. The summed E-state index contributed by atoms with van der Waals surface area (Å²) < 4.78 is 2.10. The SMILES string of the molecule is CCCn1c(C)c(C#N)c(Cl)c1-c1cccnc1. The fourth-order valence-corrected chi connectivity index (χ4v) is 2.51. The lowest BCUT2D eigenvalue weighted by Gasteiger charge is -2.10. The first-order valence-corrected chi connectivity index (χ1v) is 6.27. The van der Waals surface area contributed by atoms with E-state index in [0.29, 0.717) is 10.6 Å². The van der Waals surface area contributed by atoms with Crippen LogP contribution in [0.15, 0.2) is 24.5 Å². The van der Waals surface area contributed by atoms with Crippen LogP contribution in [-0.2, 0) is 6.54 Å². The van der Waals surface area contributed by atoms with Crippen LogP contribution in [0.5, 0.6) is 0 Å². The highest BCUT2D eigenvalue weighted by Gasteiger charge is 2.19. The first-order chi connectivity index (χ1) is 8.70. The summed E-state index contributed by atoms with van der Waals surface area (Å²) in [7, 11) is 0. The standard InChI is InChI=1S/C14H14ClN3/c1-3-7-18-10(2)12(8-16)13(15)14(18)11-5-4-6-17-9-11/h4-6,9H,3,7H2,1-2H3. The van der Waals surface area contributed by atoms with E-state index in [9.17, 15) is 5.26 Å². The molecule has 92 valence electrons. The molecule has 0 saturated heterocycles. The Kier molecular flexibility index (Phi) is 3.69. The smallest absolute Gasteiger partial charge is 0.103 e. The molecule has 4 heteroatoms. The Morgan fingerprint density at radius 2 is 2.28 bits per heavy atom. The molecule has 0 amide bonds. The quantitative estimate of drug-likeness (QED) is 0.841. The normalized spacial score (nSPS) is 10.3. The Hall–Kier alpha value is -1.79. The van der Waals surface area contributed by atoms with Crippen molar-refractivity contribution >= 4 is 11.6 Å². The zero-order chi connectivity index (χ0) is 13.1. The summed E-state index contributed by atoms with van der Waals surface area (Å²) in [6.07, 6.45) is 4.49. The Morgan fingerprint density at radius 1 is 1.50 bits per heavy atom. The van der Waals surface area contributed by atoms with Gasteiger partial charge in [0.15, 0.2) is 0 Å². The van der Waals surface area contributed by atoms with E-state index in [4.69, 9.17) is 11.6 Å². The van der Waals surface area contributed by atoms with Crippen molar-refractivity contribution in [1.29, 1.82) is 5.26 Å². The zero-order valence-corrected chi connectivity index (χ0v) is 11.2. The Morgan fingerprint density at radius 3 is 2.83 bits per heavy atom. The van der Waals surface area contributed by atoms with Crippen LogP contribution in [0.2, 0.25) is 5.02 Å². The molecule has 0 spiro atoms. The highest BCUT2D eigenvalue weighted by Crippen LogP contribution is 2.35. The average Bonchev–Trinajstić information content (AvgIpc) is 2.62. The lowest BCUT2D eigenvalue weighted by atomic mass is 10.2. The van der Waals surface area contributed by atoms with E-state index in [2.05, 4.69) is 22.5 Å². The molecule has 0 unspecified atom stereocenters. The summed E-state index contributed by atoms with van der Waals surface area (Å²) in [6, 6.07) is 6.01. The molecule has 2 rings (SSSR count). The van der Waals surface area contributed by atoms with Gasteiger partial charge >= 0.3 is 0 Å². The molecule has 3 nitrogen and oxygen atoms in total. The molecular formula is C14H14ClN3. The van der Waals surface area contributed by atoms with Gasteiger partial charge in [-0.05, 0) is 25.5 Å². The van der Waals surface area contributed by atoms with E-state index < -0.39 is 0 Å². The van der Waals surface area contributed by atoms with E-state index in [-0.39, 0.29) is 0 Å². The summed E-state index contributed by atoms with van der Waals surface area (Å²) in [5.41, 5.74) is 3.31. The minimum Gasteiger partial charge on any atom is -0.342 e. The van der Waals surface area contributed by atoms with E-state index >= 15 is 0 Å². The van der Waals surface area contributed by atoms with E-state index in [1.165, 1.54) is 0 Å². The third-order valence-corrected chi connectivity index (χ3v) is 3.33. The maximum Gasteiger partial charge on any atom is 0.103 e. The molecule has 0 radical (unpaired) electrons. The van der Waals surface area contributed by atoms with Gasteiger partial charge in [-0.25, -0.2) is 0 Å². The first-order valence-electron chi connectivity index (χ1n) is 5.89. The minimum absolute atomic E-state index is 0.524. The van der Waals surface area contributed by atoms with Crippen molar-refractivity contribution in [1.82, 2.24) is 9.55 Å². The lowest BCUT2D eigenvalue weighted by molar-refractivity contribution is 0.671. The second kappa shape index (κ2) is 5.24. The Labute approximate surface area is 112 Å². The molecule has 0 saturated carbocycles. The van der Waals surface area contributed by atoms with Crippen molar-refractivity contribution in [3.63, 3.8) is 0 Å². The van der Waals surface area contributed by atoms with E-state index in [0.717, 1.165) is 29.9 Å². The maximum absolute atomic E-state index is 9.19. The van der Waals surface area contributed by atoms with Gasteiger partial charge in [-0.2, -0.15) is 5.26 Å². The monoisotopic (exact) mass is 259 g/mol. The van der Waals surface area contributed by atoms with Crippen molar-refractivity contribution in [2.75, 3.05) is 0 Å². The van der Waals surface area contributed by atoms with E-state index in [1.54, 1.807) is 12.4 Å². The van der Waals surface area contributed by atoms with Crippen molar-refractivity contribution in [3.8, 4) is 17.3 Å². The summed E-state index contributed by atoms with van der Waals surface area (Å²) in [6.45, 7) is 4.88. The number of nitriles is 1. The van der Waals surface area contributed by atoms with Crippen LogP contribution < -0.4 is 0 Å². The predicted molar refractivity (Wildman–Crippen MR) is 72.4 cm³/mol. The Bertz CT molecular complexity index is 594. The number of halogens is 1. The second-order valence-corrected chi connectivity index (χ2v) is 4.51. The summed E-state index contributed by atoms with van der Waals surface area (Å²) >= 11 is 6.33. The van der Waals surface area contributed by atoms with Crippen LogP contribution in [0, 0.1) is 18.3 Å². The van der Waals surface area contributed by atoms with Crippen LogP contribution in [0.1, 0.15) is 24.6 Å². The molecular weight excluding hydrogens is 246 g/mol. The number of hydrogen-bond acceptors (Lipinski definition) is 2. The van der Waals surface area contributed by atoms with Gasteiger partial charge in [0, 0.05) is 30.2 Å². The molecule has 2 aromatic rings. The molecule has 0 N–H and O–H groups in total. The van der Waals surface area contributed by atoms with Gasteiger partial charge in [-0.1, -0.05) is 18.5 Å². The highest BCUT2D eigenvalue weighted by atomic mass is 35.5. The van der Waals surface area contributed by atoms with Crippen molar-refractivity contribution in [2.45, 2.75) is 26.8 Å². The molecule has 0 aliphatic rings. The summed E-state index contributed by atoms with van der Waals surface area (Å²) in [5.74, 6) is 0. The third-order valence-electron chi connectivity index (χ3n) is 2.96. The van der Waals surface area contributed by atoms with Gasteiger partial charge in [-0.15, -0.1) is 0 Å². The van der Waals surface area contributed by atoms with Gasteiger partial charge in [0.1, 0.15) is 6.07 Å². The molecule has 0 fully saturated rings. The van der Waals surface area contributed by atoms with Crippen LogP contribution >= 0.6 is 11.6 Å². The number of nitrogens with zero attached hydrogens (tertiary/aromatic N) is 3. The average molecular weight is 260 g/mol. The van der Waals surface area contributed by atoms with Crippen LogP contribution in [0.25, 0.3) is 11.3 Å². The number of hydrogen-bond donors (Lipinski definition) is 0. The zero-order valence-electron chi connectivity index (χ0n) is 10.4. The number of pyridine rings is 1. The third kappa shape index (κ3) is 2.00. The molecule has 0 bridgehead atoms. The fraction of sp³-hybridized carbons (Fsp3) is 0.286. The highest BCUT2D eigenvalue weighted by molar-refractivity contribution is 6.34.